The molecule has 8 heteroatoms. The number of non-ortho nitro benzene ring substituents is 1. The summed E-state index contributed by atoms with van der Waals surface area (Å²) >= 11 is 0. The molecule has 1 aromatic rings. The van der Waals surface area contributed by atoms with Crippen LogP contribution < -0.4 is 0 Å². The molecule has 1 amide bonds. The Bertz CT molecular complexity index is 547. The van der Waals surface area contributed by atoms with Crippen LogP contribution in [0.1, 0.15) is 17.3 Å². The highest BCUT2D eigenvalue weighted by atomic mass is 19.1. The van der Waals surface area contributed by atoms with E-state index < -0.39 is 33.9 Å². The van der Waals surface area contributed by atoms with Crippen molar-refractivity contribution in [1.82, 2.24) is 4.90 Å². The molecular weight excluding hydrogens is 271 g/mol. The third-order valence-electron chi connectivity index (χ3n) is 2.61. The third kappa shape index (κ3) is 3.50. The van der Waals surface area contributed by atoms with E-state index in [1.54, 1.807) is 6.92 Å². The van der Waals surface area contributed by atoms with Crippen LogP contribution in [-0.4, -0.2) is 41.9 Å². The van der Waals surface area contributed by atoms with Crippen LogP contribution in [0.15, 0.2) is 18.2 Å². The molecule has 0 fully saturated rings. The first kappa shape index (κ1) is 15.5. The molecule has 0 atom stereocenters. The number of carbonyl (C=O) groups is 2. The van der Waals surface area contributed by atoms with Crippen LogP contribution in [0, 0.1) is 15.9 Å². The highest BCUT2D eigenvalue weighted by Crippen LogP contribution is 2.18. The van der Waals surface area contributed by atoms with E-state index in [-0.39, 0.29) is 13.1 Å². The standard InChI is InChI=1S/C12H13FN2O5/c1-3-14(7-11(16)20-2)12(17)9-6-8(15(18)19)4-5-10(9)13/h4-6H,3,7H2,1-2H3. The Hall–Kier alpha value is -2.51. The molecule has 0 radical (unpaired) electrons. The van der Waals surface area contributed by atoms with Crippen molar-refractivity contribution in [3.05, 3.63) is 39.7 Å². The lowest BCUT2D eigenvalue weighted by Gasteiger charge is -2.19. The number of methoxy groups -OCH3 is 1. The lowest BCUT2D eigenvalue weighted by Crippen LogP contribution is -2.36. The first-order valence-electron chi connectivity index (χ1n) is 5.70. The predicted molar refractivity (Wildman–Crippen MR) is 66.6 cm³/mol. The van der Waals surface area contributed by atoms with Gasteiger partial charge in [-0.3, -0.25) is 19.7 Å². The number of nitro benzene ring substituents is 1. The fourth-order valence-corrected chi connectivity index (χ4v) is 1.51. The molecule has 0 aliphatic heterocycles. The Morgan fingerprint density at radius 1 is 1.45 bits per heavy atom. The monoisotopic (exact) mass is 284 g/mol. The molecule has 0 heterocycles. The van der Waals surface area contributed by atoms with E-state index in [0.717, 1.165) is 30.2 Å². The molecule has 0 saturated heterocycles. The molecule has 0 unspecified atom stereocenters. The summed E-state index contributed by atoms with van der Waals surface area (Å²) in [6.45, 7) is 1.38. The van der Waals surface area contributed by atoms with Crippen LogP contribution in [0.2, 0.25) is 0 Å². The van der Waals surface area contributed by atoms with Crippen LogP contribution in [0.5, 0.6) is 0 Å². The highest BCUT2D eigenvalue weighted by Gasteiger charge is 2.23. The Balaban J connectivity index is 3.08. The molecule has 0 bridgehead atoms. The summed E-state index contributed by atoms with van der Waals surface area (Å²) in [5.74, 6) is -2.35. The van der Waals surface area contributed by atoms with Gasteiger partial charge >= 0.3 is 5.97 Å². The number of esters is 1. The van der Waals surface area contributed by atoms with Crippen molar-refractivity contribution in [2.24, 2.45) is 0 Å². The summed E-state index contributed by atoms with van der Waals surface area (Å²) in [5, 5.41) is 10.6. The van der Waals surface area contributed by atoms with Gasteiger partial charge in [0.25, 0.3) is 11.6 Å². The minimum Gasteiger partial charge on any atom is -0.468 e. The van der Waals surface area contributed by atoms with E-state index in [4.69, 9.17) is 0 Å². The molecule has 0 saturated carbocycles. The van der Waals surface area contributed by atoms with Gasteiger partial charge in [-0.15, -0.1) is 0 Å². The Morgan fingerprint density at radius 3 is 2.60 bits per heavy atom. The summed E-state index contributed by atoms with van der Waals surface area (Å²) in [6, 6.07) is 2.65. The lowest BCUT2D eigenvalue weighted by atomic mass is 10.1. The number of hydrogen-bond donors (Lipinski definition) is 0. The number of nitrogens with zero attached hydrogens (tertiary/aromatic N) is 2. The van der Waals surface area contributed by atoms with Gasteiger partial charge in [-0.05, 0) is 13.0 Å². The van der Waals surface area contributed by atoms with Gasteiger partial charge in [0.05, 0.1) is 17.6 Å². The first-order chi connectivity index (χ1) is 9.40. The zero-order valence-corrected chi connectivity index (χ0v) is 11.0. The second kappa shape index (κ2) is 6.60. The molecule has 20 heavy (non-hydrogen) atoms. The Kier molecular flexibility index (Phi) is 5.13. The van der Waals surface area contributed by atoms with Gasteiger partial charge in [0.15, 0.2) is 0 Å². The maximum Gasteiger partial charge on any atom is 0.325 e. The minimum atomic E-state index is -0.885. The molecule has 0 aromatic heterocycles. The average molecular weight is 284 g/mol. The van der Waals surface area contributed by atoms with E-state index in [2.05, 4.69) is 4.74 Å². The number of nitro groups is 1. The topological polar surface area (TPSA) is 89.8 Å². The zero-order valence-electron chi connectivity index (χ0n) is 11.0. The van der Waals surface area contributed by atoms with Crippen molar-refractivity contribution < 1.29 is 23.6 Å². The lowest BCUT2D eigenvalue weighted by molar-refractivity contribution is -0.384. The molecule has 0 aliphatic carbocycles. The van der Waals surface area contributed by atoms with E-state index in [1.807, 2.05) is 0 Å². The van der Waals surface area contributed by atoms with Gasteiger partial charge < -0.3 is 9.64 Å². The van der Waals surface area contributed by atoms with Crippen LogP contribution >= 0.6 is 0 Å². The smallest absolute Gasteiger partial charge is 0.325 e. The predicted octanol–water partition coefficient (Wildman–Crippen LogP) is 1.37. The van der Waals surface area contributed by atoms with Gasteiger partial charge in [-0.25, -0.2) is 4.39 Å². The molecule has 1 aromatic carbocycles. The van der Waals surface area contributed by atoms with Gasteiger partial charge in [-0.1, -0.05) is 0 Å². The number of rotatable bonds is 5. The van der Waals surface area contributed by atoms with Crippen LogP contribution in [-0.2, 0) is 9.53 Å². The minimum absolute atomic E-state index is 0.135. The summed E-state index contributed by atoms with van der Waals surface area (Å²) < 4.78 is 18.0. The maximum absolute atomic E-state index is 13.6. The van der Waals surface area contributed by atoms with Gasteiger partial charge in [-0.2, -0.15) is 0 Å². The number of halogens is 1. The average Bonchev–Trinajstić information content (AvgIpc) is 2.43. The molecule has 108 valence electrons. The molecule has 7 nitrogen and oxygen atoms in total. The van der Waals surface area contributed by atoms with E-state index >= 15 is 0 Å². The number of benzene rings is 1. The fourth-order valence-electron chi connectivity index (χ4n) is 1.51. The van der Waals surface area contributed by atoms with Gasteiger partial charge in [0.1, 0.15) is 12.4 Å². The Morgan fingerprint density at radius 2 is 2.10 bits per heavy atom. The first-order valence-corrected chi connectivity index (χ1v) is 5.70. The number of carbonyl (C=O) groups excluding carboxylic acids is 2. The quantitative estimate of drug-likeness (QED) is 0.462. The normalized spacial score (nSPS) is 9.95. The van der Waals surface area contributed by atoms with E-state index in [1.165, 1.54) is 0 Å². The number of ether oxygens (including phenoxy) is 1. The molecule has 0 aliphatic rings. The van der Waals surface area contributed by atoms with Gasteiger partial charge in [0.2, 0.25) is 0 Å². The SMILES string of the molecule is CCN(CC(=O)OC)C(=O)c1cc([N+](=O)[O-])ccc1F. The second-order valence-electron chi connectivity index (χ2n) is 3.82. The van der Waals surface area contributed by atoms with Crippen molar-refractivity contribution in [2.75, 3.05) is 20.2 Å². The van der Waals surface area contributed by atoms with Crippen LogP contribution in [0.3, 0.4) is 0 Å². The van der Waals surface area contributed by atoms with E-state index in [0.29, 0.717) is 0 Å². The molecule has 1 rings (SSSR count). The number of likely N-dealkylation sites (N-methyl/N-ethyl adjacent to an activating group) is 1. The van der Waals surface area contributed by atoms with Crippen LogP contribution in [0.25, 0.3) is 0 Å². The molecule has 0 spiro atoms. The van der Waals surface area contributed by atoms with Crippen molar-refractivity contribution in [3.8, 4) is 0 Å². The zero-order chi connectivity index (χ0) is 15.3. The van der Waals surface area contributed by atoms with Crippen molar-refractivity contribution >= 4 is 17.6 Å². The van der Waals surface area contributed by atoms with E-state index in [9.17, 15) is 24.1 Å². The van der Waals surface area contributed by atoms with Crippen LogP contribution in [0.4, 0.5) is 10.1 Å². The largest absolute Gasteiger partial charge is 0.468 e. The Labute approximate surface area is 114 Å². The fraction of sp³-hybridized carbons (Fsp3) is 0.333. The number of amides is 1. The summed E-state index contributed by atoms with van der Waals surface area (Å²) in [5.41, 5.74) is -0.853. The van der Waals surface area contributed by atoms with Crippen molar-refractivity contribution in [3.63, 3.8) is 0 Å². The summed E-state index contributed by atoms with van der Waals surface area (Å²) in [6.07, 6.45) is 0. The molecule has 0 N–H and O–H groups in total. The second-order valence-corrected chi connectivity index (χ2v) is 3.82. The third-order valence-corrected chi connectivity index (χ3v) is 2.61. The number of hydrogen-bond acceptors (Lipinski definition) is 5. The highest BCUT2D eigenvalue weighted by molar-refractivity contribution is 5.96. The molecular formula is C12H13FN2O5. The van der Waals surface area contributed by atoms with Crippen molar-refractivity contribution in [2.45, 2.75) is 6.92 Å². The summed E-state index contributed by atoms with van der Waals surface area (Å²) in [4.78, 5) is 34.2. The van der Waals surface area contributed by atoms with Crippen molar-refractivity contribution in [1.29, 1.82) is 0 Å². The van der Waals surface area contributed by atoms with Gasteiger partial charge in [0, 0.05) is 18.7 Å². The summed E-state index contributed by atoms with van der Waals surface area (Å²) in [7, 11) is 1.16. The maximum atomic E-state index is 13.6.